The van der Waals surface area contributed by atoms with Crippen molar-refractivity contribution in [2.45, 2.75) is 39.7 Å². The first kappa shape index (κ1) is 26.7. The van der Waals surface area contributed by atoms with E-state index in [1.54, 1.807) is 19.1 Å². The Morgan fingerprint density at radius 1 is 1.12 bits per heavy atom. The molecule has 0 aliphatic heterocycles. The maximum absolute atomic E-state index is 13.4. The molecule has 9 heteroatoms. The van der Waals surface area contributed by atoms with Gasteiger partial charge in [0.25, 0.3) is 0 Å². The quantitative estimate of drug-likeness (QED) is 0.519. The summed E-state index contributed by atoms with van der Waals surface area (Å²) in [5.41, 5.74) is 2.11. The van der Waals surface area contributed by atoms with Crippen molar-refractivity contribution >= 4 is 39.1 Å². The molecule has 0 unspecified atom stereocenters. The number of rotatable bonds is 11. The average Bonchev–Trinajstić information content (AvgIpc) is 2.77. The van der Waals surface area contributed by atoms with Crippen molar-refractivity contribution < 1.29 is 18.0 Å². The van der Waals surface area contributed by atoms with Crippen LogP contribution in [-0.2, 0) is 26.0 Å². The van der Waals surface area contributed by atoms with E-state index in [2.05, 4.69) is 5.32 Å². The van der Waals surface area contributed by atoms with Gasteiger partial charge in [0.15, 0.2) is 0 Å². The number of aryl methyl sites for hydroxylation is 1. The summed E-state index contributed by atoms with van der Waals surface area (Å²) in [6, 6.07) is 13.7. The van der Waals surface area contributed by atoms with Crippen LogP contribution in [0.25, 0.3) is 0 Å². The third-order valence-electron chi connectivity index (χ3n) is 5.32. The Kier molecular flexibility index (Phi) is 9.73. The summed E-state index contributed by atoms with van der Waals surface area (Å²) in [4.78, 5) is 27.4. The van der Waals surface area contributed by atoms with Crippen LogP contribution >= 0.6 is 11.6 Å². The van der Waals surface area contributed by atoms with E-state index in [4.69, 9.17) is 11.6 Å². The van der Waals surface area contributed by atoms with Crippen LogP contribution in [0, 0.1) is 6.92 Å². The zero-order chi connectivity index (χ0) is 24.6. The van der Waals surface area contributed by atoms with Crippen LogP contribution in [0.5, 0.6) is 0 Å². The number of carbonyl (C=O) groups excluding carboxylic acids is 2. The summed E-state index contributed by atoms with van der Waals surface area (Å²) in [6.45, 7) is 5.75. The van der Waals surface area contributed by atoms with Gasteiger partial charge in [-0.1, -0.05) is 54.9 Å². The van der Waals surface area contributed by atoms with Crippen LogP contribution in [0.1, 0.15) is 31.4 Å². The molecular formula is C24H32ClN3O4S. The monoisotopic (exact) mass is 493 g/mol. The molecule has 0 aliphatic rings. The van der Waals surface area contributed by atoms with Gasteiger partial charge in [0.05, 0.1) is 11.9 Å². The second-order valence-electron chi connectivity index (χ2n) is 7.99. The minimum absolute atomic E-state index is 0.274. The number of benzene rings is 2. The van der Waals surface area contributed by atoms with Crippen molar-refractivity contribution in [1.82, 2.24) is 10.2 Å². The van der Waals surface area contributed by atoms with Crippen molar-refractivity contribution in [3.05, 3.63) is 64.7 Å². The lowest BCUT2D eigenvalue weighted by Crippen LogP contribution is -2.52. The summed E-state index contributed by atoms with van der Waals surface area (Å²) in [5, 5.41) is 3.22. The molecule has 0 fully saturated rings. The van der Waals surface area contributed by atoms with Crippen LogP contribution in [0.3, 0.4) is 0 Å². The van der Waals surface area contributed by atoms with E-state index in [0.29, 0.717) is 23.7 Å². The van der Waals surface area contributed by atoms with E-state index in [9.17, 15) is 18.0 Å². The number of amides is 2. The van der Waals surface area contributed by atoms with Crippen LogP contribution < -0.4 is 9.62 Å². The molecule has 0 aromatic heterocycles. The molecule has 0 saturated heterocycles. The molecule has 0 heterocycles. The Hall–Kier alpha value is -2.58. The number of nitrogens with one attached hydrogen (secondary N) is 1. The molecule has 1 atom stereocenters. The van der Waals surface area contributed by atoms with E-state index in [0.717, 1.165) is 28.1 Å². The highest BCUT2D eigenvalue weighted by Gasteiger charge is 2.29. The topological polar surface area (TPSA) is 86.8 Å². The molecule has 7 nitrogen and oxygen atoms in total. The number of nitrogens with zero attached hydrogens (tertiary/aromatic N) is 2. The van der Waals surface area contributed by atoms with Crippen molar-refractivity contribution in [3.63, 3.8) is 0 Å². The Bertz CT molecular complexity index is 1060. The van der Waals surface area contributed by atoms with Gasteiger partial charge in [-0.3, -0.25) is 13.9 Å². The van der Waals surface area contributed by atoms with Gasteiger partial charge < -0.3 is 10.2 Å². The molecule has 0 aliphatic carbocycles. The summed E-state index contributed by atoms with van der Waals surface area (Å²) >= 11 is 6.20. The minimum atomic E-state index is -3.78. The van der Waals surface area contributed by atoms with Crippen LogP contribution in [0.4, 0.5) is 5.69 Å². The van der Waals surface area contributed by atoms with E-state index in [-0.39, 0.29) is 12.5 Å². The lowest BCUT2D eigenvalue weighted by molar-refractivity contribution is -0.138. The van der Waals surface area contributed by atoms with Gasteiger partial charge in [-0.05, 0) is 49.9 Å². The fourth-order valence-electron chi connectivity index (χ4n) is 3.32. The molecule has 180 valence electrons. The van der Waals surface area contributed by atoms with Gasteiger partial charge in [-0.15, -0.1) is 0 Å². The Balaban J connectivity index is 2.31. The third kappa shape index (κ3) is 7.75. The van der Waals surface area contributed by atoms with Gasteiger partial charge in [-0.2, -0.15) is 0 Å². The Morgan fingerprint density at radius 3 is 2.36 bits per heavy atom. The number of sulfonamides is 1. The van der Waals surface area contributed by atoms with Crippen LogP contribution in [0.15, 0.2) is 48.5 Å². The molecule has 0 radical (unpaired) electrons. The van der Waals surface area contributed by atoms with Gasteiger partial charge >= 0.3 is 0 Å². The Morgan fingerprint density at radius 2 is 1.79 bits per heavy atom. The fourth-order valence-corrected chi connectivity index (χ4v) is 4.33. The summed E-state index contributed by atoms with van der Waals surface area (Å²) < 4.78 is 26.1. The predicted octanol–water partition coefficient (Wildman–Crippen LogP) is 3.40. The summed E-state index contributed by atoms with van der Waals surface area (Å²) in [5.74, 6) is -0.741. The van der Waals surface area contributed by atoms with Crippen molar-refractivity contribution in [2.75, 3.05) is 30.2 Å². The van der Waals surface area contributed by atoms with Crippen molar-refractivity contribution in [2.24, 2.45) is 0 Å². The smallest absolute Gasteiger partial charge is 0.244 e. The maximum Gasteiger partial charge on any atom is 0.244 e. The molecule has 2 aromatic carbocycles. The molecule has 2 amide bonds. The van der Waals surface area contributed by atoms with Gasteiger partial charge in [0.1, 0.15) is 12.6 Å². The molecule has 1 N–H and O–H groups in total. The zero-order valence-corrected chi connectivity index (χ0v) is 21.1. The lowest BCUT2D eigenvalue weighted by atomic mass is 10.1. The fraction of sp³-hybridized carbons (Fsp3) is 0.417. The highest BCUT2D eigenvalue weighted by Crippen LogP contribution is 2.25. The molecule has 0 spiro atoms. The molecule has 2 rings (SSSR count). The number of anilines is 1. The summed E-state index contributed by atoms with van der Waals surface area (Å²) in [7, 11) is -3.78. The van der Waals surface area contributed by atoms with Crippen LogP contribution in [-0.4, -0.2) is 57.1 Å². The molecule has 33 heavy (non-hydrogen) atoms. The standard InChI is InChI=1S/C24H32ClN3O4S/c1-5-14-26-24(30)19(3)27(15-13-20-9-7-6-8-10-20)23(29)17-28(33(4,31)32)21-12-11-18(2)22(25)16-21/h6-12,16,19H,5,13-15,17H2,1-4H3,(H,26,30)/t19-/m1/s1. The third-order valence-corrected chi connectivity index (χ3v) is 6.87. The van der Waals surface area contributed by atoms with E-state index in [1.807, 2.05) is 44.2 Å². The van der Waals surface area contributed by atoms with Gasteiger partial charge in [0.2, 0.25) is 21.8 Å². The highest BCUT2D eigenvalue weighted by atomic mass is 35.5. The lowest BCUT2D eigenvalue weighted by Gasteiger charge is -2.31. The van der Waals surface area contributed by atoms with Crippen LogP contribution in [0.2, 0.25) is 5.02 Å². The molecule has 0 saturated carbocycles. The second-order valence-corrected chi connectivity index (χ2v) is 10.3. The Labute approximate surface area is 201 Å². The zero-order valence-electron chi connectivity index (χ0n) is 19.5. The van der Waals surface area contributed by atoms with Gasteiger partial charge in [-0.25, -0.2) is 8.42 Å². The van der Waals surface area contributed by atoms with E-state index < -0.39 is 28.5 Å². The number of hydrogen-bond acceptors (Lipinski definition) is 4. The van der Waals surface area contributed by atoms with Crippen molar-refractivity contribution in [3.8, 4) is 0 Å². The van der Waals surface area contributed by atoms with Gasteiger partial charge in [0, 0.05) is 18.1 Å². The maximum atomic E-state index is 13.4. The van der Waals surface area contributed by atoms with Crippen molar-refractivity contribution in [1.29, 1.82) is 0 Å². The number of carbonyl (C=O) groups is 2. The SMILES string of the molecule is CCCNC(=O)[C@@H](C)N(CCc1ccccc1)C(=O)CN(c1ccc(C)c(Cl)c1)S(C)(=O)=O. The first-order chi connectivity index (χ1) is 15.5. The first-order valence-corrected chi connectivity index (χ1v) is 13.1. The predicted molar refractivity (Wildman–Crippen MR) is 133 cm³/mol. The highest BCUT2D eigenvalue weighted by molar-refractivity contribution is 7.92. The van der Waals surface area contributed by atoms with E-state index in [1.165, 1.54) is 11.0 Å². The largest absolute Gasteiger partial charge is 0.354 e. The first-order valence-electron chi connectivity index (χ1n) is 10.9. The number of halogens is 1. The molecular weight excluding hydrogens is 462 g/mol. The molecule has 2 aromatic rings. The summed E-state index contributed by atoms with van der Waals surface area (Å²) in [6.07, 6.45) is 2.35. The normalized spacial score (nSPS) is 12.2. The number of hydrogen-bond donors (Lipinski definition) is 1. The molecule has 0 bridgehead atoms. The second kappa shape index (κ2) is 12.0. The van der Waals surface area contributed by atoms with E-state index >= 15 is 0 Å². The average molecular weight is 494 g/mol. The minimum Gasteiger partial charge on any atom is -0.354 e.